The first-order chi connectivity index (χ1) is 12.2. The molecule has 0 saturated carbocycles. The lowest BCUT2D eigenvalue weighted by atomic mass is 10.0. The Morgan fingerprint density at radius 2 is 2.04 bits per heavy atom. The van der Waals surface area contributed by atoms with Crippen molar-refractivity contribution in [2.24, 2.45) is 0 Å². The summed E-state index contributed by atoms with van der Waals surface area (Å²) in [5, 5.41) is 17.0. The predicted molar refractivity (Wildman–Crippen MR) is 98.9 cm³/mol. The highest BCUT2D eigenvalue weighted by molar-refractivity contribution is 6.31. The summed E-state index contributed by atoms with van der Waals surface area (Å²) >= 11 is 6.28. The Bertz CT molecular complexity index is 869. The van der Waals surface area contributed by atoms with Crippen LogP contribution in [0.4, 0.5) is 5.69 Å². The first-order valence-corrected chi connectivity index (χ1v) is 8.97. The van der Waals surface area contributed by atoms with Crippen molar-refractivity contribution >= 4 is 22.9 Å². The maximum Gasteiger partial charge on any atom is 0.200 e. The number of piperidine rings is 1. The molecule has 1 saturated heterocycles. The number of hydrogen-bond acceptors (Lipinski definition) is 5. The number of nitrogens with one attached hydrogen (secondary N) is 1. The number of aryl methyl sites for hydroxylation is 1. The number of likely N-dealkylation sites (tertiary alicyclic amines) is 1. The van der Waals surface area contributed by atoms with E-state index in [2.05, 4.69) is 31.6 Å². The number of rotatable bonds is 4. The summed E-state index contributed by atoms with van der Waals surface area (Å²) in [6.07, 6.45) is 3.82. The van der Waals surface area contributed by atoms with Crippen LogP contribution in [0.5, 0.6) is 0 Å². The van der Waals surface area contributed by atoms with Crippen LogP contribution in [-0.2, 0) is 6.54 Å². The van der Waals surface area contributed by atoms with Gasteiger partial charge in [0.05, 0.1) is 11.4 Å². The van der Waals surface area contributed by atoms with E-state index in [4.69, 9.17) is 11.6 Å². The van der Waals surface area contributed by atoms with Gasteiger partial charge >= 0.3 is 0 Å². The van der Waals surface area contributed by atoms with E-state index in [1.807, 2.05) is 31.2 Å². The van der Waals surface area contributed by atoms with E-state index in [0.717, 1.165) is 54.5 Å². The molecular formula is C18H21ClN6. The van der Waals surface area contributed by atoms with Crippen molar-refractivity contribution in [1.82, 2.24) is 24.7 Å². The van der Waals surface area contributed by atoms with Gasteiger partial charge in [0.25, 0.3) is 0 Å². The normalized spacial score (nSPS) is 16.4. The molecular weight excluding hydrogens is 336 g/mol. The Kier molecular flexibility index (Phi) is 4.55. The third-order valence-electron chi connectivity index (χ3n) is 4.69. The van der Waals surface area contributed by atoms with E-state index in [9.17, 15) is 0 Å². The van der Waals surface area contributed by atoms with Crippen LogP contribution in [0.2, 0.25) is 5.02 Å². The van der Waals surface area contributed by atoms with Crippen molar-refractivity contribution in [1.29, 1.82) is 0 Å². The van der Waals surface area contributed by atoms with E-state index in [-0.39, 0.29) is 0 Å². The zero-order valence-electron chi connectivity index (χ0n) is 14.2. The number of aromatic nitrogens is 4. The Balaban J connectivity index is 1.39. The molecule has 6 nitrogen and oxygen atoms in total. The summed E-state index contributed by atoms with van der Waals surface area (Å²) in [7, 11) is 0. The molecule has 130 valence electrons. The van der Waals surface area contributed by atoms with Crippen LogP contribution in [0.1, 0.15) is 24.1 Å². The zero-order chi connectivity index (χ0) is 17.2. The molecule has 0 atom stereocenters. The highest BCUT2D eigenvalue weighted by atomic mass is 35.5. The average molecular weight is 357 g/mol. The predicted octanol–water partition coefficient (Wildman–Crippen LogP) is 3.16. The number of benzene rings is 1. The zero-order valence-corrected chi connectivity index (χ0v) is 14.9. The molecule has 1 aliphatic heterocycles. The lowest BCUT2D eigenvalue weighted by Crippen LogP contribution is -2.38. The maximum absolute atomic E-state index is 6.28. The molecule has 2 aromatic heterocycles. The summed E-state index contributed by atoms with van der Waals surface area (Å²) in [5.41, 5.74) is 3.94. The molecule has 0 amide bonds. The minimum Gasteiger partial charge on any atom is -0.379 e. The summed E-state index contributed by atoms with van der Waals surface area (Å²) in [6.45, 7) is 5.00. The van der Waals surface area contributed by atoms with Crippen molar-refractivity contribution < 1.29 is 0 Å². The van der Waals surface area contributed by atoms with Crippen LogP contribution in [0.25, 0.3) is 5.65 Å². The SMILES string of the molecule is Cc1cc(NC2CCN(Cc3ccccc3Cl)CC2)c2nncn2n1. The molecule has 3 aromatic rings. The molecule has 0 aliphatic carbocycles. The third kappa shape index (κ3) is 3.60. The van der Waals surface area contributed by atoms with Gasteiger partial charge in [-0.1, -0.05) is 29.8 Å². The first-order valence-electron chi connectivity index (χ1n) is 8.59. The fourth-order valence-corrected chi connectivity index (χ4v) is 3.58. The molecule has 1 N–H and O–H groups in total. The molecule has 7 heteroatoms. The molecule has 1 aromatic carbocycles. The summed E-state index contributed by atoms with van der Waals surface area (Å²) in [6, 6.07) is 10.6. The van der Waals surface area contributed by atoms with Gasteiger partial charge in [0, 0.05) is 30.7 Å². The number of fused-ring (bicyclic) bond motifs is 1. The second-order valence-corrected chi connectivity index (χ2v) is 6.99. The van der Waals surface area contributed by atoms with Gasteiger partial charge in [-0.3, -0.25) is 4.90 Å². The first kappa shape index (κ1) is 16.3. The molecule has 0 unspecified atom stereocenters. The standard InChI is InChI=1S/C18H21ClN6/c1-13-10-17(18-22-20-12-25(18)23-13)21-15-6-8-24(9-7-15)11-14-4-2-3-5-16(14)19/h2-5,10,12,15,21H,6-9,11H2,1H3. The van der Waals surface area contributed by atoms with Gasteiger partial charge < -0.3 is 5.32 Å². The van der Waals surface area contributed by atoms with Gasteiger partial charge in [-0.05, 0) is 37.5 Å². The van der Waals surface area contributed by atoms with Gasteiger partial charge in [0.1, 0.15) is 6.33 Å². The van der Waals surface area contributed by atoms with Gasteiger partial charge in [-0.2, -0.15) is 9.61 Å². The number of anilines is 1. The number of hydrogen-bond donors (Lipinski definition) is 1. The van der Waals surface area contributed by atoms with Crippen LogP contribution in [-0.4, -0.2) is 43.8 Å². The third-order valence-corrected chi connectivity index (χ3v) is 5.06. The number of halogens is 1. The molecule has 4 rings (SSSR count). The molecule has 3 heterocycles. The Hall–Kier alpha value is -2.18. The lowest BCUT2D eigenvalue weighted by Gasteiger charge is -2.33. The fourth-order valence-electron chi connectivity index (χ4n) is 3.38. The van der Waals surface area contributed by atoms with Crippen molar-refractivity contribution in [3.8, 4) is 0 Å². The number of nitrogens with zero attached hydrogens (tertiary/aromatic N) is 5. The largest absolute Gasteiger partial charge is 0.379 e. The van der Waals surface area contributed by atoms with Gasteiger partial charge in [0.2, 0.25) is 5.65 Å². The second-order valence-electron chi connectivity index (χ2n) is 6.58. The van der Waals surface area contributed by atoms with Crippen LogP contribution >= 0.6 is 11.6 Å². The fraction of sp³-hybridized carbons (Fsp3) is 0.389. The lowest BCUT2D eigenvalue weighted by molar-refractivity contribution is 0.211. The van der Waals surface area contributed by atoms with Crippen LogP contribution < -0.4 is 5.32 Å². The molecule has 0 bridgehead atoms. The topological polar surface area (TPSA) is 58.3 Å². The highest BCUT2D eigenvalue weighted by Crippen LogP contribution is 2.23. The van der Waals surface area contributed by atoms with Gasteiger partial charge in [-0.15, -0.1) is 10.2 Å². The van der Waals surface area contributed by atoms with Crippen LogP contribution in [0, 0.1) is 6.92 Å². The van der Waals surface area contributed by atoms with Crippen LogP contribution in [0.3, 0.4) is 0 Å². The summed E-state index contributed by atoms with van der Waals surface area (Å²) in [5.74, 6) is 0. The van der Waals surface area contributed by atoms with Crippen LogP contribution in [0.15, 0.2) is 36.7 Å². The van der Waals surface area contributed by atoms with Gasteiger partial charge in [0.15, 0.2) is 0 Å². The van der Waals surface area contributed by atoms with Crippen molar-refractivity contribution in [2.45, 2.75) is 32.4 Å². The summed E-state index contributed by atoms with van der Waals surface area (Å²) in [4.78, 5) is 2.46. The molecule has 1 aliphatic rings. The Labute approximate surface area is 151 Å². The maximum atomic E-state index is 6.28. The molecule has 0 spiro atoms. The average Bonchev–Trinajstić information content (AvgIpc) is 3.07. The van der Waals surface area contributed by atoms with E-state index in [0.29, 0.717) is 6.04 Å². The summed E-state index contributed by atoms with van der Waals surface area (Å²) < 4.78 is 1.73. The van der Waals surface area contributed by atoms with Crippen molar-refractivity contribution in [2.75, 3.05) is 18.4 Å². The minimum atomic E-state index is 0.435. The molecule has 1 fully saturated rings. The van der Waals surface area contributed by atoms with Crippen molar-refractivity contribution in [3.63, 3.8) is 0 Å². The van der Waals surface area contributed by atoms with Gasteiger partial charge in [-0.25, -0.2) is 0 Å². The Morgan fingerprint density at radius 3 is 2.84 bits per heavy atom. The highest BCUT2D eigenvalue weighted by Gasteiger charge is 2.21. The monoisotopic (exact) mass is 356 g/mol. The second kappa shape index (κ2) is 6.98. The van der Waals surface area contributed by atoms with Crippen molar-refractivity contribution in [3.05, 3.63) is 52.9 Å². The smallest absolute Gasteiger partial charge is 0.200 e. The van der Waals surface area contributed by atoms with E-state index in [1.165, 1.54) is 5.56 Å². The van der Waals surface area contributed by atoms with E-state index < -0.39 is 0 Å². The molecule has 0 radical (unpaired) electrons. The van der Waals surface area contributed by atoms with E-state index >= 15 is 0 Å². The van der Waals surface area contributed by atoms with E-state index in [1.54, 1.807) is 10.8 Å². The Morgan fingerprint density at radius 1 is 1.24 bits per heavy atom. The minimum absolute atomic E-state index is 0.435. The quantitative estimate of drug-likeness (QED) is 0.778. The molecule has 25 heavy (non-hydrogen) atoms.